The average Bonchev–Trinajstić information content (AvgIpc) is 3.27. The summed E-state index contributed by atoms with van der Waals surface area (Å²) in [6, 6.07) is 7.84. The Bertz CT molecular complexity index is 932. The highest BCUT2D eigenvalue weighted by atomic mass is 16.5. The Morgan fingerprint density at radius 2 is 1.97 bits per heavy atom. The molecule has 2 aliphatic heterocycles. The number of nitrogens with zero attached hydrogens (tertiary/aromatic N) is 3. The summed E-state index contributed by atoms with van der Waals surface area (Å²) in [5.41, 5.74) is 2.35. The second kappa shape index (κ2) is 10.2. The number of amides is 2. The van der Waals surface area contributed by atoms with Gasteiger partial charge in [0.1, 0.15) is 11.9 Å². The number of hydrogen-bond acceptors (Lipinski definition) is 5. The number of rotatable bonds is 7. The van der Waals surface area contributed by atoms with Gasteiger partial charge in [-0.25, -0.2) is 4.98 Å². The third kappa shape index (κ3) is 4.80. The highest BCUT2D eigenvalue weighted by Gasteiger charge is 2.32. The van der Waals surface area contributed by atoms with Crippen molar-refractivity contribution in [2.45, 2.75) is 51.9 Å². The molecule has 1 saturated heterocycles. The summed E-state index contributed by atoms with van der Waals surface area (Å²) in [6.07, 6.45) is 5.08. The summed E-state index contributed by atoms with van der Waals surface area (Å²) in [7, 11) is 1.65. The van der Waals surface area contributed by atoms with Gasteiger partial charge in [-0.15, -0.1) is 0 Å². The number of aromatic nitrogens is 2. The lowest BCUT2D eigenvalue weighted by Crippen LogP contribution is -2.43. The molecule has 172 valence electrons. The molecule has 4 rings (SSSR count). The van der Waals surface area contributed by atoms with Crippen LogP contribution in [0.1, 0.15) is 60.5 Å². The quantitative estimate of drug-likeness (QED) is 0.669. The number of ether oxygens (including phenoxy) is 2. The maximum Gasteiger partial charge on any atom is 0.274 e. The molecule has 1 atom stereocenters. The first kappa shape index (κ1) is 22.3. The zero-order chi connectivity index (χ0) is 22.5. The maximum atomic E-state index is 13.1. The molecule has 1 N–H and O–H groups in total. The van der Waals surface area contributed by atoms with Crippen molar-refractivity contribution in [1.82, 2.24) is 19.8 Å². The van der Waals surface area contributed by atoms with Gasteiger partial charge in [-0.2, -0.15) is 0 Å². The van der Waals surface area contributed by atoms with Gasteiger partial charge in [0.25, 0.3) is 5.91 Å². The van der Waals surface area contributed by atoms with E-state index in [0.717, 1.165) is 36.4 Å². The van der Waals surface area contributed by atoms with Crippen LogP contribution in [0.2, 0.25) is 0 Å². The third-order valence-electron chi connectivity index (χ3n) is 6.40. The maximum absolute atomic E-state index is 13.1. The molecule has 1 aromatic carbocycles. The number of carbonyl (C=O) groups excluding carboxylic acids is 2. The Hall–Kier alpha value is -2.87. The van der Waals surface area contributed by atoms with E-state index in [1.807, 2.05) is 33.7 Å². The summed E-state index contributed by atoms with van der Waals surface area (Å²) < 4.78 is 13.3. The van der Waals surface area contributed by atoms with Crippen molar-refractivity contribution in [2.24, 2.45) is 5.92 Å². The largest absolute Gasteiger partial charge is 0.497 e. The number of likely N-dealkylation sites (tertiary alicyclic amines) is 1. The minimum atomic E-state index is -0.0903. The average molecular weight is 441 g/mol. The molecule has 0 bridgehead atoms. The van der Waals surface area contributed by atoms with Crippen molar-refractivity contribution in [3.63, 3.8) is 0 Å². The molecule has 1 aromatic heterocycles. The Kier molecular flexibility index (Phi) is 7.09. The van der Waals surface area contributed by atoms with Gasteiger partial charge < -0.3 is 24.3 Å². The number of hydrogen-bond donors (Lipinski definition) is 1. The van der Waals surface area contributed by atoms with E-state index >= 15 is 0 Å². The molecular weight excluding hydrogens is 408 g/mol. The number of fused-ring (bicyclic) bond motifs is 1. The monoisotopic (exact) mass is 440 g/mol. The molecule has 2 amide bonds. The molecule has 2 aliphatic rings. The molecule has 1 fully saturated rings. The van der Waals surface area contributed by atoms with Gasteiger partial charge in [0.15, 0.2) is 5.69 Å². The standard InChI is InChI=1S/C24H32N4O4/c1-3-4-11-25-23(29)18-9-12-27(13-10-18)24(30)22-20-15-32-21(14-28(20)16-26-22)17-5-7-19(31-2)8-6-17/h5-8,16,18,21H,3-4,9-15H2,1-2H3,(H,25,29)/t21-/m0/s1. The van der Waals surface area contributed by atoms with Crippen LogP contribution >= 0.6 is 0 Å². The van der Waals surface area contributed by atoms with Gasteiger partial charge in [0, 0.05) is 25.6 Å². The minimum Gasteiger partial charge on any atom is -0.497 e. The topological polar surface area (TPSA) is 85.7 Å². The molecule has 8 nitrogen and oxygen atoms in total. The molecule has 0 saturated carbocycles. The van der Waals surface area contributed by atoms with Crippen LogP contribution in [-0.4, -0.2) is 53.0 Å². The highest BCUT2D eigenvalue weighted by molar-refractivity contribution is 5.93. The fourth-order valence-electron chi connectivity index (χ4n) is 4.35. The number of imidazole rings is 1. The van der Waals surface area contributed by atoms with Gasteiger partial charge in [-0.3, -0.25) is 9.59 Å². The van der Waals surface area contributed by atoms with E-state index in [-0.39, 0.29) is 23.8 Å². The van der Waals surface area contributed by atoms with Crippen molar-refractivity contribution in [3.8, 4) is 5.75 Å². The molecule has 2 aromatic rings. The van der Waals surface area contributed by atoms with Gasteiger partial charge in [0.2, 0.25) is 5.91 Å². The fourth-order valence-corrected chi connectivity index (χ4v) is 4.35. The van der Waals surface area contributed by atoms with E-state index < -0.39 is 0 Å². The van der Waals surface area contributed by atoms with Gasteiger partial charge >= 0.3 is 0 Å². The minimum absolute atomic E-state index is 0.0135. The summed E-state index contributed by atoms with van der Waals surface area (Å²) in [6.45, 7) is 4.94. The highest BCUT2D eigenvalue weighted by Crippen LogP contribution is 2.29. The lowest BCUT2D eigenvalue weighted by Gasteiger charge is -2.31. The molecule has 32 heavy (non-hydrogen) atoms. The zero-order valence-corrected chi connectivity index (χ0v) is 18.9. The van der Waals surface area contributed by atoms with Crippen LogP contribution in [0.4, 0.5) is 0 Å². The van der Waals surface area contributed by atoms with E-state index in [1.54, 1.807) is 13.4 Å². The van der Waals surface area contributed by atoms with Crippen LogP contribution in [0.15, 0.2) is 30.6 Å². The van der Waals surface area contributed by atoms with Gasteiger partial charge in [-0.05, 0) is 37.0 Å². The van der Waals surface area contributed by atoms with E-state index in [2.05, 4.69) is 17.2 Å². The number of piperidine rings is 1. The molecule has 3 heterocycles. The summed E-state index contributed by atoms with van der Waals surface area (Å²) in [5.74, 6) is 0.835. The SMILES string of the molecule is CCCCNC(=O)C1CCN(C(=O)c2ncn3c2CO[C@H](c2ccc(OC)cc2)C3)CC1. The first-order chi connectivity index (χ1) is 15.6. The van der Waals surface area contributed by atoms with Crippen molar-refractivity contribution in [2.75, 3.05) is 26.7 Å². The number of methoxy groups -OCH3 is 1. The van der Waals surface area contributed by atoms with E-state index in [1.165, 1.54) is 0 Å². The number of unbranched alkanes of at least 4 members (excludes halogenated alkanes) is 1. The second-order valence-electron chi connectivity index (χ2n) is 8.48. The third-order valence-corrected chi connectivity index (χ3v) is 6.40. The Labute approximate surface area is 188 Å². The summed E-state index contributed by atoms with van der Waals surface area (Å²) in [4.78, 5) is 31.7. The lowest BCUT2D eigenvalue weighted by molar-refractivity contribution is -0.126. The van der Waals surface area contributed by atoms with Crippen molar-refractivity contribution in [1.29, 1.82) is 0 Å². The van der Waals surface area contributed by atoms with Crippen LogP contribution in [0.5, 0.6) is 5.75 Å². The van der Waals surface area contributed by atoms with E-state index in [9.17, 15) is 9.59 Å². The molecule has 0 radical (unpaired) electrons. The number of nitrogens with one attached hydrogen (secondary N) is 1. The molecule has 0 aliphatic carbocycles. The van der Waals surface area contributed by atoms with Crippen LogP contribution in [0, 0.1) is 5.92 Å². The van der Waals surface area contributed by atoms with Crippen molar-refractivity contribution >= 4 is 11.8 Å². The van der Waals surface area contributed by atoms with E-state index in [4.69, 9.17) is 9.47 Å². The Morgan fingerprint density at radius 1 is 1.22 bits per heavy atom. The molecular formula is C24H32N4O4. The van der Waals surface area contributed by atoms with Crippen LogP contribution in [-0.2, 0) is 22.7 Å². The number of carbonyl (C=O) groups is 2. The smallest absolute Gasteiger partial charge is 0.274 e. The van der Waals surface area contributed by atoms with E-state index in [0.29, 0.717) is 44.8 Å². The van der Waals surface area contributed by atoms with Crippen LogP contribution < -0.4 is 10.1 Å². The first-order valence-electron chi connectivity index (χ1n) is 11.5. The van der Waals surface area contributed by atoms with Crippen LogP contribution in [0.3, 0.4) is 0 Å². The van der Waals surface area contributed by atoms with Gasteiger partial charge in [-0.1, -0.05) is 25.5 Å². The van der Waals surface area contributed by atoms with Crippen molar-refractivity contribution < 1.29 is 19.1 Å². The lowest BCUT2D eigenvalue weighted by atomic mass is 9.95. The zero-order valence-electron chi connectivity index (χ0n) is 18.9. The van der Waals surface area contributed by atoms with Crippen LogP contribution in [0.25, 0.3) is 0 Å². The molecule has 0 unspecified atom stereocenters. The summed E-state index contributed by atoms with van der Waals surface area (Å²) in [5, 5.41) is 3.01. The van der Waals surface area contributed by atoms with Crippen molar-refractivity contribution in [3.05, 3.63) is 47.5 Å². The number of benzene rings is 1. The predicted molar refractivity (Wildman–Crippen MR) is 119 cm³/mol. The molecule has 8 heteroatoms. The van der Waals surface area contributed by atoms with Gasteiger partial charge in [0.05, 0.1) is 32.3 Å². The predicted octanol–water partition coefficient (Wildman–Crippen LogP) is 2.93. The Balaban J connectivity index is 1.34. The summed E-state index contributed by atoms with van der Waals surface area (Å²) >= 11 is 0. The molecule has 0 spiro atoms. The second-order valence-corrected chi connectivity index (χ2v) is 8.48. The Morgan fingerprint density at radius 3 is 2.66 bits per heavy atom. The normalized spacial score (nSPS) is 18.8. The first-order valence-corrected chi connectivity index (χ1v) is 11.5. The fraction of sp³-hybridized carbons (Fsp3) is 0.542.